The molecule has 0 aromatic heterocycles. The largest absolute Gasteiger partial charge is 2.00 e. The second-order valence-electron chi connectivity index (χ2n) is 3.50. The van der Waals surface area contributed by atoms with Crippen molar-refractivity contribution in [2.45, 2.75) is 39.0 Å². The van der Waals surface area contributed by atoms with Crippen LogP contribution in [0.3, 0.4) is 0 Å². The Morgan fingerprint density at radius 2 is 1.94 bits per heavy atom. The Bertz CT molecular complexity index is 229. The predicted octanol–water partition coefficient (Wildman–Crippen LogP) is 0.459. The van der Waals surface area contributed by atoms with Crippen molar-refractivity contribution in [3.8, 4) is 5.75 Å². The summed E-state index contributed by atoms with van der Waals surface area (Å²) in [5.41, 5.74) is 0. The van der Waals surface area contributed by atoms with E-state index in [2.05, 4.69) is 13.0 Å². The molecule has 0 fully saturated rings. The first kappa shape index (κ1) is 18.6. The molecule has 1 nitrogen and oxygen atoms in total. The van der Waals surface area contributed by atoms with E-state index in [0.29, 0.717) is 0 Å². The van der Waals surface area contributed by atoms with E-state index < -0.39 is 0 Å². The summed E-state index contributed by atoms with van der Waals surface area (Å²) in [7, 11) is 0. The molecule has 0 saturated carbocycles. The summed E-state index contributed by atoms with van der Waals surface area (Å²) in [6, 6.07) is 10.7. The van der Waals surface area contributed by atoms with Gasteiger partial charge in [0.15, 0.2) is 0 Å². The van der Waals surface area contributed by atoms with E-state index in [-0.39, 0.29) is 40.0 Å². The van der Waals surface area contributed by atoms with E-state index >= 15 is 0 Å². The third kappa shape index (κ3) is 9.49. The van der Waals surface area contributed by atoms with Gasteiger partial charge in [-0.25, -0.2) is 0 Å². The number of hydrogen-bond acceptors (Lipinski definition) is 1. The number of benzene rings is 1. The van der Waals surface area contributed by atoms with Crippen LogP contribution in [0.1, 0.15) is 39.0 Å². The van der Waals surface area contributed by atoms with Gasteiger partial charge in [0, 0.05) is 5.75 Å². The maximum atomic E-state index is 5.55. The van der Waals surface area contributed by atoms with Crippen LogP contribution in [0.15, 0.2) is 24.3 Å². The molecule has 0 heterocycles. The van der Waals surface area contributed by atoms with Crippen LogP contribution in [-0.2, 0) is 0 Å². The van der Waals surface area contributed by atoms with Crippen molar-refractivity contribution >= 4 is 23.1 Å². The Kier molecular flexibility index (Phi) is 15.5. The standard InChI is InChI=1S/C13H19O.BrH.Mg/c1-2-3-4-5-9-12-14-13-10-7-6-8-11-13;;/h6-7,10-11H,2-5,9,12H2,1H3;1H;/q-1;;+2/p-1. The van der Waals surface area contributed by atoms with Gasteiger partial charge in [-0.1, -0.05) is 32.6 Å². The van der Waals surface area contributed by atoms with E-state index in [0.717, 1.165) is 18.8 Å². The Hall–Kier alpha value is 0.266. The Balaban J connectivity index is 0. The fraction of sp³-hybridized carbons (Fsp3) is 0.538. The minimum Gasteiger partial charge on any atom is -1.00 e. The molecule has 0 unspecified atom stereocenters. The van der Waals surface area contributed by atoms with Gasteiger partial charge in [-0.2, -0.15) is 18.2 Å². The fourth-order valence-electron chi connectivity index (χ4n) is 1.36. The molecule has 0 bridgehead atoms. The molecule has 86 valence electrons. The smallest absolute Gasteiger partial charge is 1.00 e. The Labute approximate surface area is 126 Å². The zero-order valence-corrected chi connectivity index (χ0v) is 13.0. The zero-order chi connectivity index (χ0) is 10.1. The van der Waals surface area contributed by atoms with Crippen molar-refractivity contribution in [3.05, 3.63) is 30.3 Å². The molecule has 0 saturated heterocycles. The summed E-state index contributed by atoms with van der Waals surface area (Å²) < 4.78 is 5.55. The van der Waals surface area contributed by atoms with Gasteiger partial charge in [0.2, 0.25) is 0 Å². The third-order valence-corrected chi connectivity index (χ3v) is 2.20. The first-order valence-electron chi connectivity index (χ1n) is 5.52. The van der Waals surface area contributed by atoms with Crippen molar-refractivity contribution in [1.82, 2.24) is 0 Å². The summed E-state index contributed by atoms with van der Waals surface area (Å²) in [5.74, 6) is 0.933. The van der Waals surface area contributed by atoms with Gasteiger partial charge in [-0.05, 0) is 6.42 Å². The van der Waals surface area contributed by atoms with Crippen LogP contribution in [0, 0.1) is 6.07 Å². The van der Waals surface area contributed by atoms with Gasteiger partial charge in [-0.3, -0.25) is 0 Å². The zero-order valence-electron chi connectivity index (χ0n) is 10.0. The van der Waals surface area contributed by atoms with Crippen LogP contribution >= 0.6 is 0 Å². The topological polar surface area (TPSA) is 9.23 Å². The first-order valence-corrected chi connectivity index (χ1v) is 5.52. The van der Waals surface area contributed by atoms with Crippen LogP contribution in [0.2, 0.25) is 0 Å². The fourth-order valence-corrected chi connectivity index (χ4v) is 1.36. The molecule has 0 amide bonds. The molecule has 1 aromatic rings. The molecule has 0 aliphatic rings. The van der Waals surface area contributed by atoms with Crippen LogP contribution in [-0.4, -0.2) is 29.7 Å². The normalized spacial score (nSPS) is 8.81. The van der Waals surface area contributed by atoms with Crippen molar-refractivity contribution in [2.75, 3.05) is 6.61 Å². The van der Waals surface area contributed by atoms with E-state index in [1.807, 2.05) is 24.3 Å². The average Bonchev–Trinajstić information content (AvgIpc) is 2.25. The van der Waals surface area contributed by atoms with Crippen LogP contribution < -0.4 is 21.7 Å². The van der Waals surface area contributed by atoms with Gasteiger partial charge in [0.05, 0.1) is 6.61 Å². The van der Waals surface area contributed by atoms with E-state index in [1.165, 1.54) is 25.7 Å². The molecule has 0 aliphatic heterocycles. The van der Waals surface area contributed by atoms with Crippen LogP contribution in [0.4, 0.5) is 0 Å². The monoisotopic (exact) mass is 294 g/mol. The minimum atomic E-state index is 0. The quantitative estimate of drug-likeness (QED) is 0.403. The van der Waals surface area contributed by atoms with Crippen LogP contribution in [0.25, 0.3) is 0 Å². The molecule has 0 spiro atoms. The van der Waals surface area contributed by atoms with E-state index in [9.17, 15) is 0 Å². The molecule has 0 aliphatic carbocycles. The van der Waals surface area contributed by atoms with Crippen molar-refractivity contribution < 1.29 is 21.7 Å². The maximum absolute atomic E-state index is 5.55. The van der Waals surface area contributed by atoms with E-state index in [1.54, 1.807) is 0 Å². The number of unbranched alkanes of at least 4 members (excludes halogenated alkanes) is 4. The molecule has 16 heavy (non-hydrogen) atoms. The first-order chi connectivity index (χ1) is 6.93. The molecule has 1 rings (SSSR count). The van der Waals surface area contributed by atoms with Crippen molar-refractivity contribution in [1.29, 1.82) is 0 Å². The van der Waals surface area contributed by atoms with E-state index in [4.69, 9.17) is 4.74 Å². The van der Waals surface area contributed by atoms with Gasteiger partial charge >= 0.3 is 23.1 Å². The van der Waals surface area contributed by atoms with Gasteiger partial charge in [0.1, 0.15) is 0 Å². The maximum Gasteiger partial charge on any atom is 2.00 e. The van der Waals surface area contributed by atoms with Crippen molar-refractivity contribution in [3.63, 3.8) is 0 Å². The van der Waals surface area contributed by atoms with Crippen LogP contribution in [0.5, 0.6) is 5.75 Å². The summed E-state index contributed by atoms with van der Waals surface area (Å²) in [4.78, 5) is 0. The number of ether oxygens (including phenoxy) is 1. The number of hydrogen-bond donors (Lipinski definition) is 0. The Morgan fingerprint density at radius 3 is 2.56 bits per heavy atom. The van der Waals surface area contributed by atoms with Crippen molar-refractivity contribution in [2.24, 2.45) is 0 Å². The summed E-state index contributed by atoms with van der Waals surface area (Å²) in [5, 5.41) is 0. The molecule has 0 N–H and O–H groups in total. The molecule has 3 heteroatoms. The summed E-state index contributed by atoms with van der Waals surface area (Å²) in [6.45, 7) is 3.07. The number of halogens is 1. The predicted molar refractivity (Wildman–Crippen MR) is 65.3 cm³/mol. The average molecular weight is 296 g/mol. The van der Waals surface area contributed by atoms with Gasteiger partial charge in [-0.15, -0.1) is 12.1 Å². The molecule has 0 radical (unpaired) electrons. The van der Waals surface area contributed by atoms with Gasteiger partial charge in [0.25, 0.3) is 0 Å². The second-order valence-corrected chi connectivity index (χ2v) is 3.50. The molecular weight excluding hydrogens is 276 g/mol. The third-order valence-electron chi connectivity index (χ3n) is 2.20. The second kappa shape index (κ2) is 13.3. The van der Waals surface area contributed by atoms with Gasteiger partial charge < -0.3 is 21.7 Å². The Morgan fingerprint density at radius 1 is 1.19 bits per heavy atom. The molecule has 0 atom stereocenters. The SMILES string of the molecule is CCCCCCCOc1c[c-]ccc1.[Br-].[Mg+2]. The number of rotatable bonds is 7. The minimum absolute atomic E-state index is 0. The summed E-state index contributed by atoms with van der Waals surface area (Å²) in [6.07, 6.45) is 6.42. The molecular formula is C13H19BrMgO. The summed E-state index contributed by atoms with van der Waals surface area (Å²) >= 11 is 0. The molecule has 1 aromatic carbocycles.